The number of hydrogen-bond acceptors (Lipinski definition) is 8. The molecule has 0 aliphatic carbocycles. The molecule has 42 heavy (non-hydrogen) atoms. The second-order valence-corrected chi connectivity index (χ2v) is 9.85. The summed E-state index contributed by atoms with van der Waals surface area (Å²) in [5.41, 5.74) is 7.38. The molecule has 1 saturated heterocycles. The lowest BCUT2D eigenvalue weighted by atomic mass is 10.1. The zero-order valence-corrected chi connectivity index (χ0v) is 22.7. The van der Waals surface area contributed by atoms with Crippen LogP contribution in [0.2, 0.25) is 0 Å². The maximum atomic E-state index is 13.0. The summed E-state index contributed by atoms with van der Waals surface area (Å²) in [7, 11) is 1.55. The molecule has 1 aliphatic heterocycles. The first-order valence-electron chi connectivity index (χ1n) is 13.2. The predicted octanol–water partition coefficient (Wildman–Crippen LogP) is 3.77. The van der Waals surface area contributed by atoms with Crippen LogP contribution in [0.3, 0.4) is 0 Å². The number of ether oxygens (including phenoxy) is 1. The predicted molar refractivity (Wildman–Crippen MR) is 150 cm³/mol. The van der Waals surface area contributed by atoms with Crippen molar-refractivity contribution in [3.05, 3.63) is 66.1 Å². The van der Waals surface area contributed by atoms with Gasteiger partial charge in [0.1, 0.15) is 22.8 Å². The number of carbonyl (C=O) groups is 2. The minimum Gasteiger partial charge on any atom is -0.384 e. The zero-order valence-electron chi connectivity index (χ0n) is 22.7. The number of nitrogens with two attached hydrogens (primary N) is 1. The average molecular weight is 583 g/mol. The molecule has 11 nitrogen and oxygen atoms in total. The van der Waals surface area contributed by atoms with Crippen molar-refractivity contribution in [2.45, 2.75) is 31.5 Å². The summed E-state index contributed by atoms with van der Waals surface area (Å²) in [4.78, 5) is 40.0. The molecule has 4 heterocycles. The number of amides is 2. The molecule has 5 rings (SSSR count). The van der Waals surface area contributed by atoms with Crippen molar-refractivity contribution < 1.29 is 27.5 Å². The fraction of sp³-hybridized carbons (Fsp3) is 0.321. The third-order valence-electron chi connectivity index (χ3n) is 6.92. The standard InChI is InChI=1S/C28H29F3N8O3/c1-42-14-9-22(40)35-20-3-2-12-38(16-20)27-37-23(24-25(32)34-11-13-39(24)27)17-4-6-18(7-5-17)26(41)36-21-15-19(8-10-33-21)28(29,30)31/h4-8,10-11,13,15,20H,2-3,9,12,14,16H2,1H3,(H2,32,34)(H,35,40)(H,33,36,41)/t20-/m1/s1. The van der Waals surface area contributed by atoms with Crippen LogP contribution in [-0.4, -0.2) is 64.0 Å². The number of nitrogens with zero attached hydrogens (tertiary/aromatic N) is 5. The van der Waals surface area contributed by atoms with E-state index in [0.29, 0.717) is 35.9 Å². The van der Waals surface area contributed by atoms with Gasteiger partial charge in [-0.3, -0.25) is 14.0 Å². The topological polar surface area (TPSA) is 140 Å². The maximum Gasteiger partial charge on any atom is 0.416 e. The van der Waals surface area contributed by atoms with Crippen molar-refractivity contribution in [3.63, 3.8) is 0 Å². The minimum absolute atomic E-state index is 0.0535. The number of carbonyl (C=O) groups excluding carboxylic acids is 2. The number of imidazole rings is 1. The molecule has 1 atom stereocenters. The lowest BCUT2D eigenvalue weighted by molar-refractivity contribution is -0.137. The second kappa shape index (κ2) is 12.0. The Morgan fingerprint density at radius 2 is 1.93 bits per heavy atom. The van der Waals surface area contributed by atoms with E-state index in [1.165, 1.54) is 0 Å². The molecular formula is C28H29F3N8O3. The molecule has 2 amide bonds. The van der Waals surface area contributed by atoms with Gasteiger partial charge in [0, 0.05) is 62.4 Å². The van der Waals surface area contributed by atoms with E-state index in [1.807, 2.05) is 4.40 Å². The van der Waals surface area contributed by atoms with Crippen LogP contribution in [0.1, 0.15) is 35.2 Å². The lowest BCUT2D eigenvalue weighted by Crippen LogP contribution is -2.48. The van der Waals surface area contributed by atoms with Crippen LogP contribution in [0.15, 0.2) is 55.0 Å². The van der Waals surface area contributed by atoms with Crippen LogP contribution in [0.4, 0.5) is 30.8 Å². The fourth-order valence-electron chi connectivity index (χ4n) is 4.89. The van der Waals surface area contributed by atoms with E-state index < -0.39 is 17.6 Å². The highest BCUT2D eigenvalue weighted by molar-refractivity contribution is 6.04. The highest BCUT2D eigenvalue weighted by Gasteiger charge is 2.31. The summed E-state index contributed by atoms with van der Waals surface area (Å²) in [5, 5.41) is 5.46. The first kappa shape index (κ1) is 28.8. The summed E-state index contributed by atoms with van der Waals surface area (Å²) in [6, 6.07) is 8.01. The smallest absolute Gasteiger partial charge is 0.384 e. The van der Waals surface area contributed by atoms with Crippen molar-refractivity contribution in [1.29, 1.82) is 0 Å². The van der Waals surface area contributed by atoms with E-state index in [-0.39, 0.29) is 35.6 Å². The first-order valence-corrected chi connectivity index (χ1v) is 13.2. The first-order chi connectivity index (χ1) is 20.1. The van der Waals surface area contributed by atoms with E-state index in [0.717, 1.165) is 37.7 Å². The normalized spacial score (nSPS) is 15.5. The van der Waals surface area contributed by atoms with Crippen LogP contribution < -0.4 is 21.3 Å². The van der Waals surface area contributed by atoms with Crippen molar-refractivity contribution in [2.24, 2.45) is 0 Å². The maximum absolute atomic E-state index is 13.0. The summed E-state index contributed by atoms with van der Waals surface area (Å²) in [5.74, 6) is 0.0142. The number of pyridine rings is 1. The number of halogens is 3. The van der Waals surface area contributed by atoms with Gasteiger partial charge in [0.25, 0.3) is 5.91 Å². The molecule has 0 saturated carbocycles. The number of alkyl halides is 3. The Bertz CT molecular complexity index is 1590. The molecule has 0 radical (unpaired) electrons. The Hall–Kier alpha value is -4.72. The van der Waals surface area contributed by atoms with Crippen molar-refractivity contribution in [1.82, 2.24) is 24.7 Å². The third-order valence-corrected chi connectivity index (χ3v) is 6.92. The number of benzene rings is 1. The number of hydrogen-bond donors (Lipinski definition) is 3. The summed E-state index contributed by atoms with van der Waals surface area (Å²) in [6.07, 6.45) is 1.76. The van der Waals surface area contributed by atoms with E-state index >= 15 is 0 Å². The zero-order chi connectivity index (χ0) is 29.9. The number of aromatic nitrogens is 4. The number of methoxy groups -OCH3 is 1. The molecule has 1 aromatic carbocycles. The van der Waals surface area contributed by atoms with E-state index in [9.17, 15) is 22.8 Å². The molecule has 220 valence electrons. The van der Waals surface area contributed by atoms with Crippen LogP contribution >= 0.6 is 0 Å². The summed E-state index contributed by atoms with van der Waals surface area (Å²) >= 11 is 0. The highest BCUT2D eigenvalue weighted by atomic mass is 19.4. The molecule has 0 spiro atoms. The van der Waals surface area contributed by atoms with Gasteiger partial charge < -0.3 is 26.0 Å². The number of piperidine rings is 1. The molecule has 0 unspecified atom stereocenters. The quantitative estimate of drug-likeness (QED) is 0.285. The summed E-state index contributed by atoms with van der Waals surface area (Å²) < 4.78 is 45.9. The lowest BCUT2D eigenvalue weighted by Gasteiger charge is -2.33. The van der Waals surface area contributed by atoms with Crippen LogP contribution in [-0.2, 0) is 15.7 Å². The fourth-order valence-corrected chi connectivity index (χ4v) is 4.89. The van der Waals surface area contributed by atoms with Crippen molar-refractivity contribution in [2.75, 3.05) is 42.8 Å². The van der Waals surface area contributed by atoms with E-state index in [2.05, 4.69) is 25.5 Å². The molecule has 0 bridgehead atoms. The Labute approximate surface area is 238 Å². The number of rotatable bonds is 8. The minimum atomic E-state index is -4.56. The van der Waals surface area contributed by atoms with Crippen LogP contribution in [0, 0.1) is 0 Å². The number of anilines is 3. The average Bonchev–Trinajstić information content (AvgIpc) is 3.37. The Kier molecular flexibility index (Phi) is 8.24. The van der Waals surface area contributed by atoms with Gasteiger partial charge in [-0.15, -0.1) is 0 Å². The van der Waals surface area contributed by atoms with Crippen LogP contribution in [0.25, 0.3) is 16.8 Å². The van der Waals surface area contributed by atoms with E-state index in [1.54, 1.807) is 43.8 Å². The Balaban J connectivity index is 1.37. The molecule has 3 aromatic heterocycles. The van der Waals surface area contributed by atoms with Gasteiger partial charge in [-0.1, -0.05) is 12.1 Å². The van der Waals surface area contributed by atoms with Gasteiger partial charge in [-0.05, 0) is 37.1 Å². The molecule has 4 aromatic rings. The largest absolute Gasteiger partial charge is 0.416 e. The number of nitrogens with one attached hydrogen (secondary N) is 2. The van der Waals surface area contributed by atoms with Crippen molar-refractivity contribution >= 4 is 34.9 Å². The van der Waals surface area contributed by atoms with E-state index in [4.69, 9.17) is 15.5 Å². The van der Waals surface area contributed by atoms with Gasteiger partial charge in [-0.25, -0.2) is 15.0 Å². The molecule has 1 fully saturated rings. The highest BCUT2D eigenvalue weighted by Crippen LogP contribution is 2.33. The molecule has 1 aliphatic rings. The second-order valence-electron chi connectivity index (χ2n) is 9.85. The number of fused-ring (bicyclic) bond motifs is 1. The Morgan fingerprint density at radius 1 is 1.14 bits per heavy atom. The summed E-state index contributed by atoms with van der Waals surface area (Å²) in [6.45, 7) is 1.64. The molecule has 14 heteroatoms. The van der Waals surface area contributed by atoms with Gasteiger partial charge in [-0.2, -0.15) is 13.2 Å². The SMILES string of the molecule is COCCC(=O)N[C@@H]1CCCN(c2nc(-c3ccc(C(=O)Nc4cc(C(F)(F)F)ccn4)cc3)c3c(N)nccn23)C1. The third kappa shape index (κ3) is 6.28. The molecule has 4 N–H and O–H groups in total. The van der Waals surface area contributed by atoms with Gasteiger partial charge >= 0.3 is 6.18 Å². The van der Waals surface area contributed by atoms with Gasteiger partial charge in [0.15, 0.2) is 0 Å². The molecular weight excluding hydrogens is 553 g/mol. The number of nitrogen functional groups attached to an aromatic ring is 1. The van der Waals surface area contributed by atoms with Gasteiger partial charge in [0.2, 0.25) is 11.9 Å². The van der Waals surface area contributed by atoms with Crippen LogP contribution in [0.5, 0.6) is 0 Å². The monoisotopic (exact) mass is 582 g/mol. The Morgan fingerprint density at radius 3 is 2.67 bits per heavy atom. The van der Waals surface area contributed by atoms with Crippen molar-refractivity contribution in [3.8, 4) is 11.3 Å². The van der Waals surface area contributed by atoms with Gasteiger partial charge in [0.05, 0.1) is 12.2 Å².